The van der Waals surface area contributed by atoms with Gasteiger partial charge >= 0.3 is 12.3 Å². The Balaban J connectivity index is 1.96. The van der Waals surface area contributed by atoms with Crippen LogP contribution in [0.4, 0.5) is 13.2 Å². The molecule has 0 saturated heterocycles. The number of amides is 2. The van der Waals surface area contributed by atoms with Crippen LogP contribution in [0, 0.1) is 0 Å². The molecule has 0 atom stereocenters. The smallest absolute Gasteiger partial charge is 0.493 e. The molecule has 178 valence electrons. The predicted molar refractivity (Wildman–Crippen MR) is 108 cm³/mol. The zero-order valence-electron chi connectivity index (χ0n) is 17.0. The van der Waals surface area contributed by atoms with Crippen molar-refractivity contribution in [1.82, 2.24) is 5.32 Å². The second-order valence-corrected chi connectivity index (χ2v) is 6.66. The van der Waals surface area contributed by atoms with Gasteiger partial charge in [-0.05, 0) is 18.2 Å². The summed E-state index contributed by atoms with van der Waals surface area (Å²) in [6.07, 6.45) is -4.89. The van der Waals surface area contributed by atoms with Crippen LogP contribution in [-0.4, -0.2) is 44.5 Å². The van der Waals surface area contributed by atoms with Crippen molar-refractivity contribution in [3.05, 3.63) is 52.5 Å². The number of para-hydroxylation sites is 1. The standard InChI is InChI=1S/C20H18ClF3N2O7/c1-30-15-7-12(6-13(21)18(15)31-9-16(25)27)19(29)32-10-17(28)26-8-11-4-2-3-5-14(11)33-20(22,23)24/h2-7H,8-10H2,1H3,(H2,25,27)(H,26,28). The van der Waals surface area contributed by atoms with Gasteiger partial charge in [-0.15, -0.1) is 13.2 Å². The average Bonchev–Trinajstić information content (AvgIpc) is 2.74. The van der Waals surface area contributed by atoms with Crippen molar-refractivity contribution in [2.24, 2.45) is 5.73 Å². The highest BCUT2D eigenvalue weighted by atomic mass is 35.5. The number of nitrogens with one attached hydrogen (secondary N) is 1. The van der Waals surface area contributed by atoms with Crippen molar-refractivity contribution in [1.29, 1.82) is 0 Å². The fourth-order valence-corrected chi connectivity index (χ4v) is 2.72. The summed E-state index contributed by atoms with van der Waals surface area (Å²) < 4.78 is 56.4. The maximum Gasteiger partial charge on any atom is 0.573 e. The molecule has 0 bridgehead atoms. The number of carbonyl (C=O) groups is 3. The van der Waals surface area contributed by atoms with Crippen LogP contribution in [0.5, 0.6) is 17.2 Å². The molecule has 2 aromatic carbocycles. The van der Waals surface area contributed by atoms with Crippen LogP contribution < -0.4 is 25.3 Å². The summed E-state index contributed by atoms with van der Waals surface area (Å²) in [5, 5.41) is 2.25. The highest BCUT2D eigenvalue weighted by molar-refractivity contribution is 6.32. The van der Waals surface area contributed by atoms with Crippen molar-refractivity contribution in [3.63, 3.8) is 0 Å². The Bertz CT molecular complexity index is 1030. The fourth-order valence-electron chi connectivity index (χ4n) is 2.45. The Morgan fingerprint density at radius 1 is 1.09 bits per heavy atom. The number of esters is 1. The largest absolute Gasteiger partial charge is 0.573 e. The molecule has 0 aliphatic carbocycles. The molecule has 0 aromatic heterocycles. The third-order valence-electron chi connectivity index (χ3n) is 3.83. The number of halogens is 4. The summed E-state index contributed by atoms with van der Waals surface area (Å²) in [6, 6.07) is 7.64. The number of carbonyl (C=O) groups excluding carboxylic acids is 3. The molecule has 0 spiro atoms. The van der Waals surface area contributed by atoms with E-state index < -0.39 is 43.1 Å². The third kappa shape index (κ3) is 8.07. The Morgan fingerprint density at radius 3 is 2.42 bits per heavy atom. The molecule has 0 unspecified atom stereocenters. The van der Waals surface area contributed by atoms with Crippen LogP contribution in [-0.2, 0) is 20.9 Å². The van der Waals surface area contributed by atoms with Crippen LogP contribution in [0.2, 0.25) is 5.02 Å². The van der Waals surface area contributed by atoms with E-state index in [1.165, 1.54) is 37.4 Å². The minimum atomic E-state index is -4.89. The zero-order chi connectivity index (χ0) is 24.6. The number of benzene rings is 2. The van der Waals surface area contributed by atoms with Crippen LogP contribution >= 0.6 is 11.6 Å². The van der Waals surface area contributed by atoms with E-state index in [1.54, 1.807) is 0 Å². The second-order valence-electron chi connectivity index (χ2n) is 6.25. The quantitative estimate of drug-likeness (QED) is 0.490. The first-order valence-electron chi connectivity index (χ1n) is 9.06. The molecule has 0 heterocycles. The monoisotopic (exact) mass is 490 g/mol. The summed E-state index contributed by atoms with van der Waals surface area (Å²) >= 11 is 6.05. The van der Waals surface area contributed by atoms with Gasteiger partial charge < -0.3 is 30.0 Å². The van der Waals surface area contributed by atoms with E-state index in [0.717, 1.165) is 6.07 Å². The molecule has 0 aliphatic heterocycles. The molecule has 0 aliphatic rings. The first-order chi connectivity index (χ1) is 15.5. The highest BCUT2D eigenvalue weighted by Crippen LogP contribution is 2.36. The number of nitrogens with two attached hydrogens (primary N) is 1. The van der Waals surface area contributed by atoms with Crippen molar-refractivity contribution in [2.75, 3.05) is 20.3 Å². The van der Waals surface area contributed by atoms with Gasteiger partial charge in [0.25, 0.3) is 11.8 Å². The molecule has 2 rings (SSSR count). The first-order valence-corrected chi connectivity index (χ1v) is 9.44. The Hall–Kier alpha value is -3.67. The van der Waals surface area contributed by atoms with Crippen molar-refractivity contribution in [3.8, 4) is 17.2 Å². The number of primary amides is 1. The predicted octanol–water partition coefficient (Wildman–Crippen LogP) is 2.58. The molecule has 2 amide bonds. The van der Waals surface area contributed by atoms with Gasteiger partial charge in [-0.2, -0.15) is 0 Å². The van der Waals surface area contributed by atoms with Gasteiger partial charge in [0.2, 0.25) is 0 Å². The average molecular weight is 491 g/mol. The van der Waals surface area contributed by atoms with Gasteiger partial charge in [0.15, 0.2) is 24.7 Å². The molecule has 33 heavy (non-hydrogen) atoms. The lowest BCUT2D eigenvalue weighted by atomic mass is 10.2. The number of hydrogen-bond acceptors (Lipinski definition) is 7. The van der Waals surface area contributed by atoms with E-state index >= 15 is 0 Å². The van der Waals surface area contributed by atoms with Crippen LogP contribution in [0.25, 0.3) is 0 Å². The van der Waals surface area contributed by atoms with Gasteiger partial charge in [-0.3, -0.25) is 9.59 Å². The number of ether oxygens (including phenoxy) is 4. The zero-order valence-corrected chi connectivity index (χ0v) is 17.8. The fraction of sp³-hybridized carbons (Fsp3) is 0.250. The van der Waals surface area contributed by atoms with Crippen LogP contribution in [0.1, 0.15) is 15.9 Å². The molecule has 9 nitrogen and oxygen atoms in total. The summed E-state index contributed by atoms with van der Waals surface area (Å²) in [5.74, 6) is -2.94. The maximum atomic E-state index is 12.5. The lowest BCUT2D eigenvalue weighted by molar-refractivity contribution is -0.274. The molecule has 3 N–H and O–H groups in total. The highest BCUT2D eigenvalue weighted by Gasteiger charge is 2.32. The van der Waals surface area contributed by atoms with Gasteiger partial charge in [-0.25, -0.2) is 4.79 Å². The lowest BCUT2D eigenvalue weighted by Crippen LogP contribution is -2.29. The number of methoxy groups -OCH3 is 1. The van der Waals surface area contributed by atoms with E-state index in [0.29, 0.717) is 0 Å². The van der Waals surface area contributed by atoms with Crippen LogP contribution in [0.15, 0.2) is 36.4 Å². The van der Waals surface area contributed by atoms with Gasteiger partial charge in [0.05, 0.1) is 17.7 Å². The summed E-state index contributed by atoms with van der Waals surface area (Å²) in [4.78, 5) is 35.1. The molecule has 0 saturated carbocycles. The molecular weight excluding hydrogens is 473 g/mol. The molecule has 0 radical (unpaired) electrons. The molecule has 2 aromatic rings. The Labute approximate surface area is 190 Å². The molecular formula is C20H18ClF3N2O7. The van der Waals surface area contributed by atoms with Gasteiger partial charge in [0, 0.05) is 12.1 Å². The summed E-state index contributed by atoms with van der Waals surface area (Å²) in [5.41, 5.74) is 4.99. The maximum absolute atomic E-state index is 12.5. The summed E-state index contributed by atoms with van der Waals surface area (Å²) in [7, 11) is 1.27. The molecule has 0 fully saturated rings. The van der Waals surface area contributed by atoms with Crippen molar-refractivity contribution < 1.29 is 46.5 Å². The second kappa shape index (κ2) is 11.3. The van der Waals surface area contributed by atoms with E-state index in [1.807, 2.05) is 0 Å². The summed E-state index contributed by atoms with van der Waals surface area (Å²) in [6.45, 7) is -1.49. The van der Waals surface area contributed by atoms with Crippen molar-refractivity contribution >= 4 is 29.4 Å². The lowest BCUT2D eigenvalue weighted by Gasteiger charge is -2.14. The minimum absolute atomic E-state index is 0.0152. The van der Waals surface area contributed by atoms with Gasteiger partial charge in [-0.1, -0.05) is 29.8 Å². The molecule has 13 heteroatoms. The van der Waals surface area contributed by atoms with E-state index in [9.17, 15) is 27.6 Å². The minimum Gasteiger partial charge on any atom is -0.493 e. The van der Waals surface area contributed by atoms with E-state index in [-0.39, 0.29) is 34.2 Å². The first kappa shape index (κ1) is 25.6. The number of alkyl halides is 3. The SMILES string of the molecule is COc1cc(C(=O)OCC(=O)NCc2ccccc2OC(F)(F)F)cc(Cl)c1OCC(N)=O. The normalized spacial score (nSPS) is 10.8. The van der Waals surface area contributed by atoms with Crippen molar-refractivity contribution in [2.45, 2.75) is 12.9 Å². The van der Waals surface area contributed by atoms with Gasteiger partial charge in [0.1, 0.15) is 5.75 Å². The number of hydrogen-bond donors (Lipinski definition) is 2. The van der Waals surface area contributed by atoms with E-state index in [2.05, 4.69) is 10.1 Å². The Kier molecular flexibility index (Phi) is 8.74. The topological polar surface area (TPSA) is 126 Å². The third-order valence-corrected chi connectivity index (χ3v) is 4.11. The Morgan fingerprint density at radius 2 is 1.79 bits per heavy atom. The number of rotatable bonds is 10. The van der Waals surface area contributed by atoms with Crippen LogP contribution in [0.3, 0.4) is 0 Å². The van der Waals surface area contributed by atoms with E-state index in [4.69, 9.17) is 31.5 Å².